The molecule has 0 spiro atoms. The number of amidine groups is 1. The molecule has 76 valence electrons. The number of nitrogens with two attached hydrogens (primary N) is 1. The third-order valence-corrected chi connectivity index (χ3v) is 2.21. The summed E-state index contributed by atoms with van der Waals surface area (Å²) >= 11 is 0. The molecule has 0 unspecified atom stereocenters. The summed E-state index contributed by atoms with van der Waals surface area (Å²) in [6.45, 7) is 8.90. The van der Waals surface area contributed by atoms with Crippen LogP contribution < -0.4 is 5.73 Å². The van der Waals surface area contributed by atoms with Crippen LogP contribution in [0.2, 0.25) is 0 Å². The van der Waals surface area contributed by atoms with E-state index >= 15 is 0 Å². The van der Waals surface area contributed by atoms with Crippen LogP contribution in [0.1, 0.15) is 20.3 Å². The van der Waals surface area contributed by atoms with Crippen LogP contribution in [0.25, 0.3) is 0 Å². The first-order chi connectivity index (χ1) is 6.63. The summed E-state index contributed by atoms with van der Waals surface area (Å²) in [5.41, 5.74) is 6.90. The van der Waals surface area contributed by atoms with Crippen molar-refractivity contribution in [3.05, 3.63) is 36.3 Å². The summed E-state index contributed by atoms with van der Waals surface area (Å²) in [5, 5.41) is 0. The minimum absolute atomic E-state index is 0.516. The van der Waals surface area contributed by atoms with E-state index in [1.807, 2.05) is 11.1 Å². The topological polar surface area (TPSA) is 41.6 Å². The minimum Gasteiger partial charge on any atom is -0.384 e. The van der Waals surface area contributed by atoms with Crippen molar-refractivity contribution in [3.8, 4) is 0 Å². The molecule has 0 bridgehead atoms. The molecule has 0 saturated carbocycles. The van der Waals surface area contributed by atoms with Gasteiger partial charge in [-0.2, -0.15) is 0 Å². The van der Waals surface area contributed by atoms with Crippen molar-refractivity contribution >= 4 is 5.84 Å². The predicted molar refractivity (Wildman–Crippen MR) is 60.7 cm³/mol. The van der Waals surface area contributed by atoms with E-state index in [9.17, 15) is 0 Å². The van der Waals surface area contributed by atoms with Crippen LogP contribution >= 0.6 is 0 Å². The molecule has 0 amide bonds. The maximum absolute atomic E-state index is 5.53. The Morgan fingerprint density at radius 2 is 2.43 bits per heavy atom. The van der Waals surface area contributed by atoms with E-state index in [4.69, 9.17) is 5.73 Å². The van der Waals surface area contributed by atoms with Crippen LogP contribution in [0.3, 0.4) is 0 Å². The summed E-state index contributed by atoms with van der Waals surface area (Å²) < 4.78 is 0. The first-order valence-corrected chi connectivity index (χ1v) is 4.77. The molecule has 1 heterocycles. The largest absolute Gasteiger partial charge is 0.384 e. The number of allylic oxidation sites excluding steroid dienone is 1. The zero-order chi connectivity index (χ0) is 10.6. The first-order valence-electron chi connectivity index (χ1n) is 4.77. The maximum atomic E-state index is 5.53. The zero-order valence-electron chi connectivity index (χ0n) is 8.83. The van der Waals surface area contributed by atoms with E-state index in [2.05, 4.69) is 31.5 Å². The van der Waals surface area contributed by atoms with Gasteiger partial charge < -0.3 is 10.6 Å². The highest BCUT2D eigenvalue weighted by atomic mass is 15.2. The fourth-order valence-corrected chi connectivity index (χ4v) is 1.07. The summed E-state index contributed by atoms with van der Waals surface area (Å²) in [6, 6.07) is 0. The van der Waals surface area contributed by atoms with Gasteiger partial charge in [-0.1, -0.05) is 25.2 Å². The second-order valence-corrected chi connectivity index (χ2v) is 3.33. The van der Waals surface area contributed by atoms with Gasteiger partial charge in [0, 0.05) is 12.7 Å². The lowest BCUT2D eigenvalue weighted by molar-refractivity contribution is 0.507. The van der Waals surface area contributed by atoms with Gasteiger partial charge in [0.15, 0.2) is 0 Å². The van der Waals surface area contributed by atoms with Crippen molar-refractivity contribution in [2.75, 3.05) is 6.54 Å². The number of rotatable bonds is 3. The molecule has 2 N–H and O–H groups in total. The molecule has 1 rings (SSSR count). The van der Waals surface area contributed by atoms with Crippen LogP contribution in [0.15, 0.2) is 41.3 Å². The van der Waals surface area contributed by atoms with Crippen molar-refractivity contribution in [2.45, 2.75) is 20.3 Å². The molecule has 0 aromatic heterocycles. The lowest BCUT2D eigenvalue weighted by Crippen LogP contribution is -2.23. The second kappa shape index (κ2) is 4.65. The van der Waals surface area contributed by atoms with Crippen molar-refractivity contribution in [1.29, 1.82) is 0 Å². The summed E-state index contributed by atoms with van der Waals surface area (Å²) in [7, 11) is 0. The minimum atomic E-state index is 0.516. The molecule has 0 fully saturated rings. The average molecular weight is 191 g/mol. The Bertz CT molecular complexity index is 310. The molecule has 0 atom stereocenters. The molecule has 1 aliphatic rings. The number of nitrogens with zero attached hydrogens (tertiary/aromatic N) is 2. The van der Waals surface area contributed by atoms with Gasteiger partial charge in [0.2, 0.25) is 0 Å². The van der Waals surface area contributed by atoms with Crippen LogP contribution in [0.5, 0.6) is 0 Å². The number of aliphatic imine (C=N–C) groups is 1. The normalized spacial score (nSPS) is 17.3. The molecule has 0 saturated heterocycles. The molecule has 0 radical (unpaired) electrons. The SMILES string of the molecule is C=C1N=C(N)C=CN1C/C=C(/C)CC. The van der Waals surface area contributed by atoms with Crippen LogP contribution in [0.4, 0.5) is 0 Å². The second-order valence-electron chi connectivity index (χ2n) is 3.33. The lowest BCUT2D eigenvalue weighted by atomic mass is 10.2. The molecule has 1 aliphatic heterocycles. The molecular weight excluding hydrogens is 174 g/mol. The highest BCUT2D eigenvalue weighted by Crippen LogP contribution is 2.10. The molecule has 0 aromatic rings. The van der Waals surface area contributed by atoms with E-state index in [1.54, 1.807) is 6.08 Å². The van der Waals surface area contributed by atoms with E-state index in [1.165, 1.54) is 5.57 Å². The maximum Gasteiger partial charge on any atom is 0.127 e. The van der Waals surface area contributed by atoms with Gasteiger partial charge in [0.1, 0.15) is 11.7 Å². The van der Waals surface area contributed by atoms with Gasteiger partial charge in [-0.15, -0.1) is 0 Å². The summed E-state index contributed by atoms with van der Waals surface area (Å²) in [6.07, 6.45) is 6.94. The van der Waals surface area contributed by atoms with E-state index in [-0.39, 0.29) is 0 Å². The predicted octanol–water partition coefficient (Wildman–Crippen LogP) is 2.00. The Morgan fingerprint density at radius 3 is 3.00 bits per heavy atom. The average Bonchev–Trinajstić information content (AvgIpc) is 2.16. The van der Waals surface area contributed by atoms with Crippen LogP contribution in [-0.2, 0) is 0 Å². The molecule has 0 aromatic carbocycles. The van der Waals surface area contributed by atoms with Gasteiger partial charge in [-0.25, -0.2) is 4.99 Å². The van der Waals surface area contributed by atoms with Crippen molar-refractivity contribution in [2.24, 2.45) is 10.7 Å². The first kappa shape index (κ1) is 10.6. The third kappa shape index (κ3) is 2.76. The monoisotopic (exact) mass is 191 g/mol. The molecule has 14 heavy (non-hydrogen) atoms. The molecular formula is C11H17N3. The fourth-order valence-electron chi connectivity index (χ4n) is 1.07. The Morgan fingerprint density at radius 1 is 1.71 bits per heavy atom. The fraction of sp³-hybridized carbons (Fsp3) is 0.364. The molecule has 3 nitrogen and oxygen atoms in total. The van der Waals surface area contributed by atoms with Gasteiger partial charge in [-0.3, -0.25) is 0 Å². The zero-order valence-corrected chi connectivity index (χ0v) is 8.83. The summed E-state index contributed by atoms with van der Waals surface area (Å²) in [5.74, 6) is 1.22. The van der Waals surface area contributed by atoms with Crippen molar-refractivity contribution in [3.63, 3.8) is 0 Å². The quantitative estimate of drug-likeness (QED) is 0.693. The Hall–Kier alpha value is -1.51. The molecule has 0 aliphatic carbocycles. The van der Waals surface area contributed by atoms with Gasteiger partial charge in [0.05, 0.1) is 0 Å². The highest BCUT2D eigenvalue weighted by molar-refractivity contribution is 5.92. The van der Waals surface area contributed by atoms with Gasteiger partial charge in [0.25, 0.3) is 0 Å². The summed E-state index contributed by atoms with van der Waals surface area (Å²) in [4.78, 5) is 6.05. The van der Waals surface area contributed by atoms with E-state index < -0.39 is 0 Å². The van der Waals surface area contributed by atoms with Gasteiger partial charge in [-0.05, 0) is 19.4 Å². The molecule has 3 heteroatoms. The van der Waals surface area contributed by atoms with Gasteiger partial charge >= 0.3 is 0 Å². The lowest BCUT2D eigenvalue weighted by Gasteiger charge is -2.21. The highest BCUT2D eigenvalue weighted by Gasteiger charge is 2.06. The van der Waals surface area contributed by atoms with Crippen LogP contribution in [0, 0.1) is 0 Å². The Kier molecular flexibility index (Phi) is 3.51. The van der Waals surface area contributed by atoms with Crippen molar-refractivity contribution < 1.29 is 0 Å². The third-order valence-electron chi connectivity index (χ3n) is 2.21. The number of hydrogen-bond acceptors (Lipinski definition) is 3. The Labute approximate surface area is 85.3 Å². The smallest absolute Gasteiger partial charge is 0.127 e. The standard InChI is InChI=1S/C11H17N3/c1-4-9(2)5-7-14-8-6-11(12)13-10(14)3/h5-6,8H,3-4,7H2,1-2H3,(H2,12,13)/b9-5-. The number of hydrogen-bond donors (Lipinski definition) is 1. The van der Waals surface area contributed by atoms with Crippen LogP contribution in [-0.4, -0.2) is 17.3 Å². The van der Waals surface area contributed by atoms with E-state index in [0.29, 0.717) is 11.7 Å². The van der Waals surface area contributed by atoms with E-state index in [0.717, 1.165) is 13.0 Å². The van der Waals surface area contributed by atoms with Crippen molar-refractivity contribution in [1.82, 2.24) is 4.90 Å². The Balaban J connectivity index is 2.57.